The summed E-state index contributed by atoms with van der Waals surface area (Å²) in [5.41, 5.74) is 5.67. The molecule has 1 unspecified atom stereocenters. The lowest BCUT2D eigenvalue weighted by Gasteiger charge is -2.39. The van der Waals surface area contributed by atoms with E-state index >= 15 is 0 Å². The first-order valence-electron chi connectivity index (χ1n) is 7.38. The molecule has 0 aromatic rings. The lowest BCUT2D eigenvalue weighted by molar-refractivity contribution is -0.141. The molecule has 1 atom stereocenters. The maximum Gasteiger partial charge on any atom is 0.242 e. The zero-order chi connectivity index (χ0) is 13.0. The van der Waals surface area contributed by atoms with Crippen molar-refractivity contribution in [3.05, 3.63) is 0 Å². The number of carbonyl (C=O) groups excluding carboxylic acids is 1. The second-order valence-electron chi connectivity index (χ2n) is 5.90. The van der Waals surface area contributed by atoms with Crippen molar-refractivity contribution in [3.63, 3.8) is 0 Å². The van der Waals surface area contributed by atoms with Gasteiger partial charge in [-0.2, -0.15) is 0 Å². The average molecular weight is 254 g/mol. The molecule has 18 heavy (non-hydrogen) atoms. The number of amides is 1. The molecule has 2 aliphatic rings. The molecule has 0 radical (unpaired) electrons. The highest BCUT2D eigenvalue weighted by atomic mass is 16.3. The number of aliphatic hydroxyl groups is 1. The van der Waals surface area contributed by atoms with Gasteiger partial charge in [-0.3, -0.25) is 4.79 Å². The predicted molar refractivity (Wildman–Crippen MR) is 71.1 cm³/mol. The summed E-state index contributed by atoms with van der Waals surface area (Å²) >= 11 is 0. The Morgan fingerprint density at radius 3 is 2.50 bits per heavy atom. The average Bonchev–Trinajstić information content (AvgIpc) is 2.63. The van der Waals surface area contributed by atoms with Crippen molar-refractivity contribution in [1.82, 2.24) is 4.90 Å². The van der Waals surface area contributed by atoms with Crippen molar-refractivity contribution in [2.45, 2.75) is 69.4 Å². The summed E-state index contributed by atoms with van der Waals surface area (Å²) in [6.45, 7) is 0.838. The van der Waals surface area contributed by atoms with E-state index in [0.717, 1.165) is 57.9 Å². The van der Waals surface area contributed by atoms with Crippen LogP contribution >= 0.6 is 0 Å². The van der Waals surface area contributed by atoms with Gasteiger partial charge < -0.3 is 15.7 Å². The molecular weight excluding hydrogens is 228 g/mol. The van der Waals surface area contributed by atoms with Crippen LogP contribution in [0.2, 0.25) is 0 Å². The molecule has 0 aromatic heterocycles. The van der Waals surface area contributed by atoms with Gasteiger partial charge in [-0.15, -0.1) is 0 Å². The zero-order valence-electron chi connectivity index (χ0n) is 11.2. The first kappa shape index (κ1) is 13.8. The minimum absolute atomic E-state index is 0.0117. The summed E-state index contributed by atoms with van der Waals surface area (Å²) < 4.78 is 0. The van der Waals surface area contributed by atoms with Crippen LogP contribution in [0.3, 0.4) is 0 Å². The van der Waals surface area contributed by atoms with Gasteiger partial charge in [-0.05, 0) is 25.7 Å². The molecule has 1 aliphatic heterocycles. The van der Waals surface area contributed by atoms with Crippen LogP contribution in [0.25, 0.3) is 0 Å². The third-order valence-corrected chi connectivity index (χ3v) is 4.52. The molecule has 2 fully saturated rings. The van der Waals surface area contributed by atoms with Crippen LogP contribution in [0.15, 0.2) is 0 Å². The molecule has 104 valence electrons. The quantitative estimate of drug-likeness (QED) is 0.783. The van der Waals surface area contributed by atoms with Crippen LogP contribution in [0.1, 0.15) is 57.8 Å². The molecule has 4 nitrogen and oxygen atoms in total. The van der Waals surface area contributed by atoms with E-state index in [1.165, 1.54) is 6.42 Å². The van der Waals surface area contributed by atoms with Crippen molar-refractivity contribution >= 4 is 5.91 Å². The Morgan fingerprint density at radius 1 is 1.17 bits per heavy atom. The van der Waals surface area contributed by atoms with Crippen molar-refractivity contribution in [1.29, 1.82) is 0 Å². The Kier molecular flexibility index (Phi) is 4.62. The van der Waals surface area contributed by atoms with E-state index in [2.05, 4.69) is 0 Å². The van der Waals surface area contributed by atoms with E-state index in [1.54, 1.807) is 0 Å². The van der Waals surface area contributed by atoms with Crippen molar-refractivity contribution in [3.8, 4) is 0 Å². The predicted octanol–water partition coefficient (Wildman–Crippen LogP) is 1.41. The summed E-state index contributed by atoms with van der Waals surface area (Å²) in [4.78, 5) is 14.6. The smallest absolute Gasteiger partial charge is 0.242 e. The standard InChI is InChI=1S/C14H26N2O2/c15-14(8-4-2-5-9-14)13(18)16-10-6-1-3-7-12(16)11-17/h12,17H,1-11,15H2. The maximum absolute atomic E-state index is 12.7. The van der Waals surface area contributed by atoms with Crippen molar-refractivity contribution in [2.75, 3.05) is 13.2 Å². The monoisotopic (exact) mass is 254 g/mol. The molecule has 4 heteroatoms. The van der Waals surface area contributed by atoms with Gasteiger partial charge in [-0.1, -0.05) is 32.1 Å². The molecule has 0 aromatic carbocycles. The fourth-order valence-electron chi connectivity index (χ4n) is 3.32. The number of likely N-dealkylation sites (tertiary alicyclic amines) is 1. The molecule has 0 spiro atoms. The molecule has 1 amide bonds. The van der Waals surface area contributed by atoms with Crippen LogP contribution < -0.4 is 5.73 Å². The molecular formula is C14H26N2O2. The fraction of sp³-hybridized carbons (Fsp3) is 0.929. The minimum Gasteiger partial charge on any atom is -0.394 e. The number of nitrogens with zero attached hydrogens (tertiary/aromatic N) is 1. The highest BCUT2D eigenvalue weighted by Gasteiger charge is 2.40. The maximum atomic E-state index is 12.7. The SMILES string of the molecule is NC1(C(=O)N2CCCCCC2CO)CCCCC1. The van der Waals surface area contributed by atoms with Crippen LogP contribution in [-0.2, 0) is 4.79 Å². The number of hydrogen-bond acceptors (Lipinski definition) is 3. The Morgan fingerprint density at radius 2 is 1.83 bits per heavy atom. The van der Waals surface area contributed by atoms with E-state index in [9.17, 15) is 9.90 Å². The van der Waals surface area contributed by atoms with E-state index in [-0.39, 0.29) is 18.6 Å². The third-order valence-electron chi connectivity index (χ3n) is 4.52. The molecule has 1 heterocycles. The van der Waals surface area contributed by atoms with Crippen LogP contribution in [0.4, 0.5) is 0 Å². The molecule has 0 bridgehead atoms. The molecule has 3 N–H and O–H groups in total. The minimum atomic E-state index is -0.657. The van der Waals surface area contributed by atoms with Gasteiger partial charge >= 0.3 is 0 Å². The van der Waals surface area contributed by atoms with Crippen LogP contribution in [0, 0.1) is 0 Å². The number of hydrogen-bond donors (Lipinski definition) is 2. The van der Waals surface area contributed by atoms with E-state index in [0.29, 0.717) is 0 Å². The summed E-state index contributed by atoms with van der Waals surface area (Å²) in [5.74, 6) is 0.0863. The second kappa shape index (κ2) is 6.02. The van der Waals surface area contributed by atoms with Crippen LogP contribution in [-0.4, -0.2) is 40.6 Å². The number of rotatable bonds is 2. The van der Waals surface area contributed by atoms with Gasteiger partial charge in [-0.25, -0.2) is 0 Å². The van der Waals surface area contributed by atoms with Gasteiger partial charge in [0.15, 0.2) is 0 Å². The van der Waals surface area contributed by atoms with E-state index < -0.39 is 5.54 Å². The molecule has 1 saturated carbocycles. The van der Waals surface area contributed by atoms with E-state index in [1.807, 2.05) is 4.90 Å². The lowest BCUT2D eigenvalue weighted by atomic mass is 9.81. The summed E-state index contributed by atoms with van der Waals surface area (Å²) in [6, 6.07) is -0.0117. The zero-order valence-corrected chi connectivity index (χ0v) is 11.2. The Balaban J connectivity index is 2.09. The highest BCUT2D eigenvalue weighted by molar-refractivity contribution is 5.86. The number of nitrogens with two attached hydrogens (primary N) is 1. The normalized spacial score (nSPS) is 28.8. The van der Waals surface area contributed by atoms with Gasteiger partial charge in [0.25, 0.3) is 0 Å². The van der Waals surface area contributed by atoms with Crippen molar-refractivity contribution < 1.29 is 9.90 Å². The van der Waals surface area contributed by atoms with Gasteiger partial charge in [0, 0.05) is 6.54 Å². The fourth-order valence-corrected chi connectivity index (χ4v) is 3.32. The van der Waals surface area contributed by atoms with Gasteiger partial charge in [0.2, 0.25) is 5.91 Å². The van der Waals surface area contributed by atoms with E-state index in [4.69, 9.17) is 5.73 Å². The summed E-state index contributed by atoms with van der Waals surface area (Å²) in [6.07, 6.45) is 9.12. The summed E-state index contributed by atoms with van der Waals surface area (Å²) in [7, 11) is 0. The van der Waals surface area contributed by atoms with Crippen molar-refractivity contribution in [2.24, 2.45) is 5.73 Å². The lowest BCUT2D eigenvalue weighted by Crippen LogP contribution is -2.59. The summed E-state index contributed by atoms with van der Waals surface area (Å²) in [5, 5.41) is 9.48. The first-order chi connectivity index (χ1) is 8.67. The topological polar surface area (TPSA) is 66.6 Å². The van der Waals surface area contributed by atoms with Gasteiger partial charge in [0.05, 0.1) is 18.2 Å². The molecule has 2 rings (SSSR count). The number of carbonyl (C=O) groups is 1. The Labute approximate surface area is 110 Å². The Bertz CT molecular complexity index is 288. The number of aliphatic hydroxyl groups excluding tert-OH is 1. The molecule has 1 saturated heterocycles. The first-order valence-corrected chi connectivity index (χ1v) is 7.38. The van der Waals surface area contributed by atoms with Crippen LogP contribution in [0.5, 0.6) is 0 Å². The van der Waals surface area contributed by atoms with Gasteiger partial charge in [0.1, 0.15) is 0 Å². The highest BCUT2D eigenvalue weighted by Crippen LogP contribution is 2.29. The largest absolute Gasteiger partial charge is 0.394 e. The third kappa shape index (κ3) is 2.86. The Hall–Kier alpha value is -0.610. The molecule has 1 aliphatic carbocycles. The second-order valence-corrected chi connectivity index (χ2v) is 5.90.